The molecule has 4 aromatic rings. The largest absolute Gasteiger partial charge is 0.481 e. The van der Waals surface area contributed by atoms with Crippen LogP contribution in [0.1, 0.15) is 54.4 Å². The lowest BCUT2D eigenvalue weighted by atomic mass is 10.1. The third kappa shape index (κ3) is 13.1. The SMILES string of the molecule is CN(C)CCc1c[nH]c2ccc(CS(=O)(=O)N3CCCC3)cc12.CN(C)CCc1c[nH]c2ccc(CS(=O)(=O)N3CCCC3)cc12.O=C(O)CC(O)C(=O)O. The van der Waals surface area contributed by atoms with Gasteiger partial charge in [0, 0.05) is 73.5 Å². The molecule has 2 aliphatic heterocycles. The van der Waals surface area contributed by atoms with E-state index in [1.807, 2.05) is 48.8 Å². The number of fused-ring (bicyclic) bond motifs is 2. The van der Waals surface area contributed by atoms with Crippen LogP contribution in [0.25, 0.3) is 21.8 Å². The summed E-state index contributed by atoms with van der Waals surface area (Å²) in [5.41, 5.74) is 6.37. The van der Waals surface area contributed by atoms with Crippen LogP contribution in [-0.2, 0) is 54.0 Å². The van der Waals surface area contributed by atoms with E-state index < -0.39 is 44.5 Å². The number of sulfonamides is 2. The average Bonchev–Trinajstić information content (AvgIpc) is 3.94. The zero-order valence-corrected chi connectivity index (χ0v) is 33.8. The molecule has 2 aromatic heterocycles. The second kappa shape index (κ2) is 19.8. The number of aliphatic carboxylic acids is 2. The number of likely N-dealkylation sites (N-methyl/N-ethyl adjacent to an activating group) is 2. The zero-order valence-electron chi connectivity index (χ0n) is 32.2. The fourth-order valence-corrected chi connectivity index (χ4v) is 9.72. The number of aliphatic hydroxyl groups excluding tert-OH is 1. The number of benzene rings is 2. The van der Waals surface area contributed by atoms with Crippen LogP contribution < -0.4 is 0 Å². The molecule has 2 aliphatic rings. The van der Waals surface area contributed by atoms with Crippen molar-refractivity contribution >= 4 is 53.8 Å². The summed E-state index contributed by atoms with van der Waals surface area (Å²) in [5, 5.41) is 26.4. The highest BCUT2D eigenvalue weighted by Crippen LogP contribution is 2.25. The summed E-state index contributed by atoms with van der Waals surface area (Å²) in [4.78, 5) is 30.3. The van der Waals surface area contributed by atoms with Gasteiger partial charge in [-0.1, -0.05) is 12.1 Å². The van der Waals surface area contributed by atoms with E-state index in [4.69, 9.17) is 15.3 Å². The molecule has 4 heterocycles. The predicted octanol–water partition coefficient (Wildman–Crippen LogP) is 3.30. The molecule has 55 heavy (non-hydrogen) atoms. The van der Waals surface area contributed by atoms with Crippen LogP contribution >= 0.6 is 0 Å². The van der Waals surface area contributed by atoms with Gasteiger partial charge in [-0.25, -0.2) is 30.2 Å². The first-order valence-electron chi connectivity index (χ1n) is 18.5. The number of aliphatic hydroxyl groups is 1. The van der Waals surface area contributed by atoms with Gasteiger partial charge in [-0.3, -0.25) is 4.79 Å². The highest BCUT2D eigenvalue weighted by molar-refractivity contribution is 7.88. The second-order valence-corrected chi connectivity index (χ2v) is 18.6. The van der Waals surface area contributed by atoms with Crippen molar-refractivity contribution in [3.63, 3.8) is 0 Å². The van der Waals surface area contributed by atoms with Crippen LogP contribution in [-0.4, -0.2) is 146 Å². The molecular formula is C38H56N6O9S2. The number of H-pyrrole nitrogens is 2. The van der Waals surface area contributed by atoms with Crippen molar-refractivity contribution in [2.24, 2.45) is 0 Å². The number of hydrogen-bond donors (Lipinski definition) is 5. The maximum Gasteiger partial charge on any atom is 0.333 e. The van der Waals surface area contributed by atoms with Gasteiger partial charge in [0.25, 0.3) is 0 Å². The summed E-state index contributed by atoms with van der Waals surface area (Å²) in [6.07, 6.45) is 7.34. The van der Waals surface area contributed by atoms with Crippen LogP contribution in [0.3, 0.4) is 0 Å². The third-order valence-corrected chi connectivity index (χ3v) is 13.3. The molecule has 2 saturated heterocycles. The van der Waals surface area contributed by atoms with E-state index >= 15 is 0 Å². The summed E-state index contributed by atoms with van der Waals surface area (Å²) in [7, 11) is 1.86. The van der Waals surface area contributed by atoms with Gasteiger partial charge in [-0.05, 0) is 113 Å². The lowest BCUT2D eigenvalue weighted by molar-refractivity contribution is -0.152. The first-order valence-corrected chi connectivity index (χ1v) is 21.7. The van der Waals surface area contributed by atoms with Gasteiger partial charge < -0.3 is 35.1 Å². The molecule has 2 fully saturated rings. The van der Waals surface area contributed by atoms with Crippen molar-refractivity contribution < 1.29 is 41.7 Å². The van der Waals surface area contributed by atoms with E-state index in [2.05, 4.69) is 48.0 Å². The Balaban J connectivity index is 0.000000201. The van der Waals surface area contributed by atoms with Gasteiger partial charge in [-0.15, -0.1) is 0 Å². The van der Waals surface area contributed by atoms with Crippen LogP contribution in [0.5, 0.6) is 0 Å². The summed E-state index contributed by atoms with van der Waals surface area (Å²) in [6.45, 7) is 4.63. The van der Waals surface area contributed by atoms with Gasteiger partial charge in [0.1, 0.15) is 0 Å². The normalized spacial score (nSPS) is 16.0. The third-order valence-electron chi connectivity index (χ3n) is 9.59. The summed E-state index contributed by atoms with van der Waals surface area (Å²) in [6, 6.07) is 11.9. The maximum absolute atomic E-state index is 12.5. The highest BCUT2D eigenvalue weighted by atomic mass is 32.2. The minimum Gasteiger partial charge on any atom is -0.481 e. The molecule has 1 atom stereocenters. The van der Waals surface area contributed by atoms with Gasteiger partial charge in [0.05, 0.1) is 17.9 Å². The molecule has 15 nitrogen and oxygen atoms in total. The number of hydrogen-bond acceptors (Lipinski definition) is 9. The van der Waals surface area contributed by atoms with E-state index in [1.165, 1.54) is 11.1 Å². The molecular weight excluding hydrogens is 749 g/mol. The van der Waals surface area contributed by atoms with E-state index in [9.17, 15) is 26.4 Å². The van der Waals surface area contributed by atoms with E-state index in [0.717, 1.165) is 84.5 Å². The number of nitrogens with zero attached hydrogens (tertiary/aromatic N) is 4. The smallest absolute Gasteiger partial charge is 0.333 e. The minimum absolute atomic E-state index is 0.0985. The molecule has 0 amide bonds. The van der Waals surface area contributed by atoms with Crippen molar-refractivity contribution in [2.75, 3.05) is 67.5 Å². The number of aromatic nitrogens is 2. The molecule has 2 aromatic carbocycles. The first kappa shape index (κ1) is 43.9. The summed E-state index contributed by atoms with van der Waals surface area (Å²) < 4.78 is 53.2. The molecule has 0 aliphatic carbocycles. The number of nitrogens with one attached hydrogen (secondary N) is 2. The van der Waals surface area contributed by atoms with Gasteiger partial charge >= 0.3 is 11.9 Å². The molecule has 304 valence electrons. The lowest BCUT2D eigenvalue weighted by Gasteiger charge is -2.15. The fraction of sp³-hybridized carbons (Fsp3) is 0.526. The second-order valence-electron chi connectivity index (χ2n) is 14.7. The lowest BCUT2D eigenvalue weighted by Crippen LogP contribution is -2.29. The first-order chi connectivity index (χ1) is 25.9. The molecule has 0 saturated carbocycles. The predicted molar refractivity (Wildman–Crippen MR) is 214 cm³/mol. The number of carboxylic acid groups (broad SMARTS) is 2. The molecule has 17 heteroatoms. The van der Waals surface area contributed by atoms with E-state index in [0.29, 0.717) is 26.2 Å². The maximum atomic E-state index is 12.5. The number of aromatic amines is 2. The Kier molecular flexibility index (Phi) is 15.8. The Morgan fingerprint density at radius 2 is 1.07 bits per heavy atom. The van der Waals surface area contributed by atoms with Gasteiger partial charge in [0.15, 0.2) is 6.10 Å². The molecule has 0 spiro atoms. The Hall–Kier alpha value is -3.84. The number of rotatable bonds is 15. The quantitative estimate of drug-likeness (QED) is 0.118. The van der Waals surface area contributed by atoms with Crippen molar-refractivity contribution in [3.8, 4) is 0 Å². The zero-order chi connectivity index (χ0) is 40.3. The number of carboxylic acids is 2. The Morgan fingerprint density at radius 1 is 0.691 bits per heavy atom. The molecule has 1 unspecified atom stereocenters. The monoisotopic (exact) mass is 804 g/mol. The molecule has 0 radical (unpaired) electrons. The van der Waals surface area contributed by atoms with Crippen LogP contribution in [0.2, 0.25) is 0 Å². The Labute approximate surface area is 324 Å². The van der Waals surface area contributed by atoms with Gasteiger partial charge in [-0.2, -0.15) is 0 Å². The molecule has 6 rings (SSSR count). The molecule has 5 N–H and O–H groups in total. The summed E-state index contributed by atoms with van der Waals surface area (Å²) in [5.74, 6) is -2.65. The van der Waals surface area contributed by atoms with Gasteiger partial charge in [0.2, 0.25) is 20.0 Å². The van der Waals surface area contributed by atoms with Crippen molar-refractivity contribution in [2.45, 2.75) is 62.6 Å². The molecule has 0 bridgehead atoms. The van der Waals surface area contributed by atoms with E-state index in [-0.39, 0.29) is 11.5 Å². The standard InChI is InChI=1S/2C17H25N3O2S.C4H6O5/c2*1-19(2)10-7-15-12-18-17-6-5-14(11-16(15)17)13-23(21,22)20-8-3-4-9-20;5-2(4(8)9)1-3(6)7/h2*5-6,11-12,18H,3-4,7-10,13H2,1-2H3;2,5H,1H2,(H,6,7)(H,8,9). The Bertz CT molecular complexity index is 1970. The minimum atomic E-state index is -3.19. The van der Waals surface area contributed by atoms with Crippen LogP contribution in [0, 0.1) is 0 Å². The highest BCUT2D eigenvalue weighted by Gasteiger charge is 2.27. The summed E-state index contributed by atoms with van der Waals surface area (Å²) >= 11 is 0. The number of carbonyl (C=O) groups is 2. The van der Waals surface area contributed by atoms with Crippen LogP contribution in [0.4, 0.5) is 0 Å². The average molecular weight is 805 g/mol. The van der Waals surface area contributed by atoms with Crippen molar-refractivity contribution in [3.05, 3.63) is 71.0 Å². The van der Waals surface area contributed by atoms with E-state index in [1.54, 1.807) is 8.61 Å². The van der Waals surface area contributed by atoms with Crippen LogP contribution in [0.15, 0.2) is 48.8 Å². The Morgan fingerprint density at radius 3 is 1.38 bits per heavy atom. The van der Waals surface area contributed by atoms with Crippen molar-refractivity contribution in [1.29, 1.82) is 0 Å². The van der Waals surface area contributed by atoms with Crippen molar-refractivity contribution in [1.82, 2.24) is 28.4 Å². The fourth-order valence-electron chi connectivity index (χ4n) is 6.52. The topological polar surface area (TPSA) is 208 Å².